The average molecular weight is 273 g/mol. The first-order chi connectivity index (χ1) is 6.81. The highest BCUT2D eigenvalue weighted by Gasteiger charge is 2.26. The molecule has 0 heterocycles. The molecule has 2 N–H and O–H groups in total. The van der Waals surface area contributed by atoms with E-state index in [1.807, 2.05) is 33.8 Å². The molecule has 84 valence electrons. The number of hydrogen-bond acceptors (Lipinski definition) is 2. The molecule has 0 unspecified atom stereocenters. The second kappa shape index (κ2) is 4.14. The summed E-state index contributed by atoms with van der Waals surface area (Å²) in [6.07, 6.45) is 0. The van der Waals surface area contributed by atoms with E-state index < -0.39 is 0 Å². The summed E-state index contributed by atoms with van der Waals surface area (Å²) in [4.78, 5) is 0. The molecule has 0 aliphatic heterocycles. The Balaban J connectivity index is 3.49. The van der Waals surface area contributed by atoms with Gasteiger partial charge in [0.2, 0.25) is 0 Å². The minimum atomic E-state index is -0.353. The van der Waals surface area contributed by atoms with Crippen molar-refractivity contribution in [2.45, 2.75) is 33.1 Å². The quantitative estimate of drug-likeness (QED) is 0.869. The van der Waals surface area contributed by atoms with Crippen LogP contribution in [0.5, 0.6) is 5.75 Å². The van der Waals surface area contributed by atoms with Gasteiger partial charge < -0.3 is 10.2 Å². The Morgan fingerprint density at radius 3 is 2.33 bits per heavy atom. The Morgan fingerprint density at radius 1 is 1.33 bits per heavy atom. The Morgan fingerprint density at radius 2 is 1.87 bits per heavy atom. The maximum absolute atomic E-state index is 9.87. The minimum absolute atomic E-state index is 0.0505. The van der Waals surface area contributed by atoms with E-state index in [4.69, 9.17) is 0 Å². The van der Waals surface area contributed by atoms with Crippen LogP contribution in [0, 0.1) is 13.8 Å². The van der Waals surface area contributed by atoms with E-state index >= 15 is 0 Å². The smallest absolute Gasteiger partial charge is 0.121 e. The number of phenols is 1. The van der Waals surface area contributed by atoms with Gasteiger partial charge in [-0.25, -0.2) is 0 Å². The van der Waals surface area contributed by atoms with Gasteiger partial charge in [-0.2, -0.15) is 0 Å². The zero-order valence-corrected chi connectivity index (χ0v) is 11.1. The van der Waals surface area contributed by atoms with Gasteiger partial charge in [-0.15, -0.1) is 0 Å². The Bertz CT molecular complexity index is 384. The molecule has 0 radical (unpaired) electrons. The van der Waals surface area contributed by atoms with E-state index in [0.29, 0.717) is 5.75 Å². The number of phenolic OH excluding ortho intramolecular Hbond substituents is 1. The fourth-order valence-corrected chi connectivity index (χ4v) is 3.01. The summed E-state index contributed by atoms with van der Waals surface area (Å²) >= 11 is 3.49. The minimum Gasteiger partial charge on any atom is -0.507 e. The fourth-order valence-electron chi connectivity index (χ4n) is 1.83. The number of benzene rings is 1. The van der Waals surface area contributed by atoms with Crippen molar-refractivity contribution in [3.8, 4) is 5.75 Å². The fraction of sp³-hybridized carbons (Fsp3) is 0.500. The van der Waals surface area contributed by atoms with Gasteiger partial charge in [0.25, 0.3) is 0 Å². The van der Waals surface area contributed by atoms with Gasteiger partial charge in [0.15, 0.2) is 0 Å². The Hall–Kier alpha value is -0.540. The molecule has 0 fully saturated rings. The van der Waals surface area contributed by atoms with Crippen LogP contribution >= 0.6 is 15.9 Å². The highest BCUT2D eigenvalue weighted by Crippen LogP contribution is 2.38. The van der Waals surface area contributed by atoms with Gasteiger partial charge in [-0.3, -0.25) is 0 Å². The molecule has 0 spiro atoms. The number of aliphatic hydroxyl groups excluding tert-OH is 1. The highest BCUT2D eigenvalue weighted by molar-refractivity contribution is 9.10. The molecule has 1 rings (SSSR count). The van der Waals surface area contributed by atoms with Crippen LogP contribution in [0.15, 0.2) is 10.5 Å². The topological polar surface area (TPSA) is 40.5 Å². The summed E-state index contributed by atoms with van der Waals surface area (Å²) in [6, 6.07) is 1.88. The van der Waals surface area contributed by atoms with Gasteiger partial charge in [0.05, 0.1) is 6.61 Å². The Kier molecular flexibility index (Phi) is 3.46. The van der Waals surface area contributed by atoms with Gasteiger partial charge in [-0.05, 0) is 36.6 Å². The van der Waals surface area contributed by atoms with Crippen LogP contribution in [0.1, 0.15) is 30.5 Å². The molecule has 3 heteroatoms. The zero-order chi connectivity index (χ0) is 11.8. The lowest BCUT2D eigenvalue weighted by atomic mass is 9.82. The van der Waals surface area contributed by atoms with E-state index in [9.17, 15) is 10.2 Å². The third-order valence-corrected chi connectivity index (χ3v) is 3.38. The first-order valence-electron chi connectivity index (χ1n) is 4.91. The summed E-state index contributed by atoms with van der Waals surface area (Å²) in [6.45, 7) is 7.70. The molecule has 0 amide bonds. The molecule has 0 aromatic heterocycles. The van der Waals surface area contributed by atoms with E-state index in [1.54, 1.807) is 0 Å². The monoisotopic (exact) mass is 272 g/mol. The third kappa shape index (κ3) is 2.18. The number of halogens is 1. The van der Waals surface area contributed by atoms with Crippen LogP contribution in [0.3, 0.4) is 0 Å². The lowest BCUT2D eigenvalue weighted by Gasteiger charge is -2.27. The SMILES string of the molecule is Cc1cc(Br)c(C(C)(C)CO)c(C)c1O. The summed E-state index contributed by atoms with van der Waals surface area (Å²) < 4.78 is 0.939. The molecule has 0 atom stereocenters. The second-order valence-corrected chi connectivity index (χ2v) is 5.42. The van der Waals surface area contributed by atoms with Crippen molar-refractivity contribution in [1.29, 1.82) is 0 Å². The van der Waals surface area contributed by atoms with Crippen molar-refractivity contribution in [3.63, 3.8) is 0 Å². The molecule has 0 saturated carbocycles. The maximum Gasteiger partial charge on any atom is 0.121 e. The van der Waals surface area contributed by atoms with Crippen LogP contribution in [0.4, 0.5) is 0 Å². The van der Waals surface area contributed by atoms with Crippen molar-refractivity contribution >= 4 is 15.9 Å². The molecule has 0 saturated heterocycles. The van der Waals surface area contributed by atoms with Crippen LogP contribution in [-0.2, 0) is 5.41 Å². The molecule has 0 aliphatic carbocycles. The molecule has 15 heavy (non-hydrogen) atoms. The number of aliphatic hydroxyl groups is 1. The van der Waals surface area contributed by atoms with Crippen LogP contribution < -0.4 is 0 Å². The lowest BCUT2D eigenvalue weighted by Crippen LogP contribution is -2.24. The van der Waals surface area contributed by atoms with Crippen LogP contribution in [0.2, 0.25) is 0 Å². The van der Waals surface area contributed by atoms with Crippen LogP contribution in [-0.4, -0.2) is 16.8 Å². The molecule has 0 aliphatic rings. The van der Waals surface area contributed by atoms with Gasteiger partial charge in [0, 0.05) is 9.89 Å². The van der Waals surface area contributed by atoms with Crippen molar-refractivity contribution in [1.82, 2.24) is 0 Å². The van der Waals surface area contributed by atoms with Gasteiger partial charge >= 0.3 is 0 Å². The van der Waals surface area contributed by atoms with Crippen molar-refractivity contribution in [2.24, 2.45) is 0 Å². The molecule has 0 bridgehead atoms. The van der Waals surface area contributed by atoms with E-state index in [2.05, 4.69) is 15.9 Å². The Labute approximate surface area is 99.1 Å². The number of aryl methyl sites for hydroxylation is 1. The van der Waals surface area contributed by atoms with E-state index in [-0.39, 0.29) is 12.0 Å². The van der Waals surface area contributed by atoms with Crippen LogP contribution in [0.25, 0.3) is 0 Å². The summed E-state index contributed by atoms with van der Waals surface area (Å²) in [5, 5.41) is 19.2. The third-order valence-electron chi connectivity index (χ3n) is 2.76. The standard InChI is InChI=1S/C12H17BrO2/c1-7-5-9(13)10(8(2)11(7)15)12(3,4)6-14/h5,14-15H,6H2,1-4H3. The first-order valence-corrected chi connectivity index (χ1v) is 5.70. The second-order valence-electron chi connectivity index (χ2n) is 4.57. The highest BCUT2D eigenvalue weighted by atomic mass is 79.9. The van der Waals surface area contributed by atoms with E-state index in [0.717, 1.165) is 21.2 Å². The maximum atomic E-state index is 9.87. The van der Waals surface area contributed by atoms with Crippen molar-refractivity contribution in [2.75, 3.05) is 6.61 Å². The number of rotatable bonds is 2. The van der Waals surface area contributed by atoms with Crippen molar-refractivity contribution < 1.29 is 10.2 Å². The average Bonchev–Trinajstić information content (AvgIpc) is 2.14. The first kappa shape index (κ1) is 12.5. The number of hydrogen-bond donors (Lipinski definition) is 2. The molecular formula is C12H17BrO2. The van der Waals surface area contributed by atoms with E-state index in [1.165, 1.54) is 0 Å². The van der Waals surface area contributed by atoms with Gasteiger partial charge in [-0.1, -0.05) is 29.8 Å². The summed E-state index contributed by atoms with van der Waals surface area (Å²) in [7, 11) is 0. The molecule has 2 nitrogen and oxygen atoms in total. The predicted octanol–water partition coefficient (Wildman–Crippen LogP) is 3.04. The van der Waals surface area contributed by atoms with Crippen molar-refractivity contribution in [3.05, 3.63) is 27.2 Å². The molecular weight excluding hydrogens is 256 g/mol. The summed E-state index contributed by atoms with van der Waals surface area (Å²) in [5.41, 5.74) is 2.29. The summed E-state index contributed by atoms with van der Waals surface area (Å²) in [5.74, 6) is 0.315. The predicted molar refractivity (Wildman–Crippen MR) is 65.4 cm³/mol. The lowest BCUT2D eigenvalue weighted by molar-refractivity contribution is 0.217. The largest absolute Gasteiger partial charge is 0.507 e. The molecule has 1 aromatic rings. The number of aromatic hydroxyl groups is 1. The zero-order valence-electron chi connectivity index (χ0n) is 9.56. The molecule has 1 aromatic carbocycles. The van der Waals surface area contributed by atoms with Gasteiger partial charge in [0.1, 0.15) is 5.75 Å². The normalized spacial score (nSPS) is 11.9.